The summed E-state index contributed by atoms with van der Waals surface area (Å²) < 4.78 is 6.60. The lowest BCUT2D eigenvalue weighted by molar-refractivity contribution is -0.148. The van der Waals surface area contributed by atoms with Crippen LogP contribution < -0.4 is 4.74 Å². The van der Waals surface area contributed by atoms with Gasteiger partial charge in [-0.2, -0.15) is 0 Å². The molecule has 3 aliphatic rings. The van der Waals surface area contributed by atoms with Crippen molar-refractivity contribution in [2.75, 3.05) is 0 Å². The van der Waals surface area contributed by atoms with E-state index in [1.165, 1.54) is 23.3 Å². The Hall–Kier alpha value is -6.32. The lowest BCUT2D eigenvalue weighted by atomic mass is 9.84. The van der Waals surface area contributed by atoms with Crippen molar-refractivity contribution in [1.82, 2.24) is 0 Å². The first-order chi connectivity index (χ1) is 40.9. The molecule has 0 saturated heterocycles. The molecule has 3 saturated carbocycles. The lowest BCUT2D eigenvalue weighted by Gasteiger charge is -2.21. The summed E-state index contributed by atoms with van der Waals surface area (Å²) in [4.78, 5) is 73.5. The zero-order chi connectivity index (χ0) is 64.1. The van der Waals surface area contributed by atoms with Crippen LogP contribution in [0.25, 0.3) is 0 Å². The molecule has 0 spiro atoms. The van der Waals surface area contributed by atoms with Gasteiger partial charge >= 0.3 is 35.8 Å². The molecule has 0 heterocycles. The molecule has 0 aromatic heterocycles. The van der Waals surface area contributed by atoms with Crippen molar-refractivity contribution in [2.24, 2.45) is 38.4 Å². The third-order valence-electron chi connectivity index (χ3n) is 20.3. The highest BCUT2D eigenvalue weighted by Gasteiger charge is 2.62. The molecular formula is C71H102O16. The van der Waals surface area contributed by atoms with Gasteiger partial charge in [0.25, 0.3) is 0 Å². The number of ether oxygens (including phenoxy) is 1. The van der Waals surface area contributed by atoms with Gasteiger partial charge in [-0.25, -0.2) is 0 Å². The SMILES string of the molecule is Cc1cc(CCCCCC2(C(=O)O)CC2Oc2cc(O)cc(CCCCCC3(C(=O)O)CC3)c2CCCCC(C)(C)C(=O)O)c(CCCCC(C)(C)C(=O)O)c(CC2CC2(CCCCCc2c(O)ccc(O)c2CCCCC(C)(C)C(=O)O)C(=O)O)c1. The van der Waals surface area contributed by atoms with Crippen molar-refractivity contribution in [3.63, 3.8) is 0 Å². The zero-order valence-corrected chi connectivity index (χ0v) is 53.1. The highest BCUT2D eigenvalue weighted by atomic mass is 16.5. The van der Waals surface area contributed by atoms with Crippen LogP contribution in [0.5, 0.6) is 23.0 Å². The maximum Gasteiger partial charge on any atom is 0.313 e. The quantitative estimate of drug-likeness (QED) is 0.0188. The monoisotopic (exact) mass is 1210 g/mol. The number of phenolic OH excluding ortho intramolecular Hbond substituents is 3. The first-order valence-electron chi connectivity index (χ1n) is 32.5. The molecule has 87 heavy (non-hydrogen) atoms. The summed E-state index contributed by atoms with van der Waals surface area (Å²) in [6.45, 7) is 12.3. The van der Waals surface area contributed by atoms with Gasteiger partial charge in [0, 0.05) is 23.6 Å². The number of aromatic hydroxyl groups is 3. The molecule has 16 heteroatoms. The van der Waals surface area contributed by atoms with E-state index in [0.29, 0.717) is 171 Å². The number of carboxylic acid groups (broad SMARTS) is 6. The molecule has 0 radical (unpaired) electrons. The molecule has 6 rings (SSSR count). The van der Waals surface area contributed by atoms with Crippen LogP contribution in [0.15, 0.2) is 36.4 Å². The summed E-state index contributed by atoms with van der Waals surface area (Å²) in [5, 5.41) is 92.9. The first kappa shape index (κ1) is 69.8. The molecule has 0 aliphatic heterocycles. The van der Waals surface area contributed by atoms with Crippen molar-refractivity contribution in [1.29, 1.82) is 0 Å². The predicted octanol–water partition coefficient (Wildman–Crippen LogP) is 15.0. The average molecular weight is 1210 g/mol. The Morgan fingerprint density at radius 3 is 1.33 bits per heavy atom. The minimum Gasteiger partial charge on any atom is -0.508 e. The number of unbranched alkanes of at least 4 members (excludes halogenated alkanes) is 9. The van der Waals surface area contributed by atoms with Crippen LogP contribution >= 0.6 is 0 Å². The Balaban J connectivity index is 1.08. The fourth-order valence-corrected chi connectivity index (χ4v) is 13.4. The number of hydrogen-bond acceptors (Lipinski definition) is 10. The minimum absolute atomic E-state index is 0.0127. The van der Waals surface area contributed by atoms with Gasteiger partial charge in [0.2, 0.25) is 0 Å². The number of hydrogen-bond donors (Lipinski definition) is 9. The third-order valence-corrected chi connectivity index (χ3v) is 20.3. The summed E-state index contributed by atoms with van der Waals surface area (Å²) in [7, 11) is 0. The second-order valence-electron chi connectivity index (χ2n) is 28.5. The fraction of sp³-hybridized carbons (Fsp3) is 0.662. The normalized spacial score (nSPS) is 19.6. The number of phenols is 3. The lowest BCUT2D eigenvalue weighted by Crippen LogP contribution is -2.23. The molecule has 3 aromatic rings. The van der Waals surface area contributed by atoms with E-state index in [0.717, 1.165) is 73.6 Å². The smallest absolute Gasteiger partial charge is 0.313 e. The predicted molar refractivity (Wildman–Crippen MR) is 333 cm³/mol. The van der Waals surface area contributed by atoms with Crippen LogP contribution in [0, 0.1) is 45.3 Å². The van der Waals surface area contributed by atoms with E-state index in [1.807, 2.05) is 0 Å². The fourth-order valence-electron chi connectivity index (χ4n) is 13.4. The van der Waals surface area contributed by atoms with Crippen molar-refractivity contribution >= 4 is 35.8 Å². The van der Waals surface area contributed by atoms with E-state index in [9.17, 15) is 74.7 Å². The number of aliphatic carboxylic acids is 6. The topological polar surface area (TPSA) is 294 Å². The van der Waals surface area contributed by atoms with Crippen LogP contribution in [-0.2, 0) is 73.7 Å². The van der Waals surface area contributed by atoms with Gasteiger partial charge < -0.3 is 50.7 Å². The van der Waals surface area contributed by atoms with Crippen molar-refractivity contribution in [2.45, 2.75) is 260 Å². The zero-order valence-electron chi connectivity index (χ0n) is 53.1. The van der Waals surface area contributed by atoms with Crippen LogP contribution in [0.4, 0.5) is 0 Å². The van der Waals surface area contributed by atoms with E-state index in [1.54, 1.807) is 53.7 Å². The van der Waals surface area contributed by atoms with Gasteiger partial charge in [-0.05, 0) is 242 Å². The molecule has 0 amide bonds. The molecule has 3 aliphatic carbocycles. The molecule has 0 bridgehead atoms. The van der Waals surface area contributed by atoms with E-state index in [4.69, 9.17) is 4.74 Å². The summed E-state index contributed by atoms with van der Waals surface area (Å²) >= 11 is 0. The maximum atomic E-state index is 13.1. The van der Waals surface area contributed by atoms with E-state index < -0.39 is 74.4 Å². The molecule has 3 aromatic carbocycles. The van der Waals surface area contributed by atoms with E-state index in [2.05, 4.69) is 19.1 Å². The summed E-state index contributed by atoms with van der Waals surface area (Å²) in [5.74, 6) is -4.44. The van der Waals surface area contributed by atoms with Gasteiger partial charge in [-0.15, -0.1) is 0 Å². The largest absolute Gasteiger partial charge is 0.508 e. The van der Waals surface area contributed by atoms with Crippen molar-refractivity contribution in [3.05, 3.63) is 80.9 Å². The van der Waals surface area contributed by atoms with Crippen molar-refractivity contribution < 1.29 is 79.5 Å². The Morgan fingerprint density at radius 1 is 0.460 bits per heavy atom. The molecule has 482 valence electrons. The second-order valence-corrected chi connectivity index (χ2v) is 28.5. The highest BCUT2D eigenvalue weighted by Crippen LogP contribution is 2.59. The van der Waals surface area contributed by atoms with Crippen molar-refractivity contribution in [3.8, 4) is 23.0 Å². The van der Waals surface area contributed by atoms with Gasteiger partial charge in [-0.1, -0.05) is 75.5 Å². The van der Waals surface area contributed by atoms with Crippen LogP contribution in [0.2, 0.25) is 0 Å². The maximum absolute atomic E-state index is 13.1. The Bertz CT molecular complexity index is 2910. The number of carboxylic acids is 6. The number of benzene rings is 3. The minimum atomic E-state index is -1.10. The Morgan fingerprint density at radius 2 is 0.874 bits per heavy atom. The Kier molecular flexibility index (Phi) is 23.9. The summed E-state index contributed by atoms with van der Waals surface area (Å²) in [5.41, 5.74) is 2.48. The molecule has 4 atom stereocenters. The third kappa shape index (κ3) is 18.6. The molecular weight excluding hydrogens is 1110 g/mol. The molecule has 4 unspecified atom stereocenters. The molecule has 16 nitrogen and oxygen atoms in total. The molecule has 9 N–H and O–H groups in total. The molecule has 3 fully saturated rings. The average Bonchev–Trinajstić information content (AvgIpc) is 1.63. The first-order valence-corrected chi connectivity index (χ1v) is 32.5. The number of rotatable bonds is 43. The van der Waals surface area contributed by atoms with E-state index in [-0.39, 0.29) is 23.2 Å². The Labute approximate surface area is 515 Å². The second kappa shape index (κ2) is 29.8. The summed E-state index contributed by atoms with van der Waals surface area (Å²) in [6, 6.07) is 10.6. The van der Waals surface area contributed by atoms with Gasteiger partial charge in [0.05, 0.1) is 27.1 Å². The number of aryl methyl sites for hydroxylation is 3. The van der Waals surface area contributed by atoms with Crippen LogP contribution in [0.1, 0.15) is 247 Å². The number of carbonyl (C=O) groups is 6. The highest BCUT2D eigenvalue weighted by molar-refractivity contribution is 5.80. The van der Waals surface area contributed by atoms with Gasteiger partial charge in [0.1, 0.15) is 34.5 Å². The van der Waals surface area contributed by atoms with Crippen LogP contribution in [0.3, 0.4) is 0 Å². The summed E-state index contributed by atoms with van der Waals surface area (Å²) in [6.07, 6.45) is 19.7. The van der Waals surface area contributed by atoms with Crippen LogP contribution in [-0.4, -0.2) is 87.9 Å². The van der Waals surface area contributed by atoms with Gasteiger partial charge in [-0.3, -0.25) is 28.8 Å². The van der Waals surface area contributed by atoms with E-state index >= 15 is 0 Å². The standard InChI is InChI=1S/C71H102O16/c1-46-39-47(23-12-9-19-36-71(65(85)86)45-59(71)87-58-43-51(72)42-48(24-11-8-17-34-69(37-38-69)63(81)82)53(58)26-15-21-32-67(4,5)61(77)78)52(25-14-20-31-66(2,3)60(75)76)49(40-46)41-50-44-70(50,64(83)84)35-18-10-13-27-54-55(57(74)30-29-56(54)73)28-16-22-33-68(6,7)62(79)80/h29-30,39-40,42-43,50,59,72-74H,8-28,31-38,41,44-45H2,1-7H3,(H,75,76)(H,77,78)(H,79,80)(H,81,82)(H,83,84)(H,85,86). The van der Waals surface area contributed by atoms with Gasteiger partial charge in [0.15, 0.2) is 0 Å².